The first-order valence-electron chi connectivity index (χ1n) is 7.35. The molecule has 0 saturated heterocycles. The molecule has 0 bridgehead atoms. The van der Waals surface area contributed by atoms with Gasteiger partial charge in [0.1, 0.15) is 0 Å². The van der Waals surface area contributed by atoms with E-state index < -0.39 is 19.1 Å². The van der Waals surface area contributed by atoms with Crippen molar-refractivity contribution < 1.29 is 31.0 Å². The molecule has 1 aromatic rings. The van der Waals surface area contributed by atoms with E-state index in [2.05, 4.69) is 0 Å². The van der Waals surface area contributed by atoms with E-state index in [-0.39, 0.29) is 22.9 Å². The highest BCUT2D eigenvalue weighted by Crippen LogP contribution is 2.19. The van der Waals surface area contributed by atoms with Crippen molar-refractivity contribution >= 4 is 29.8 Å². The minimum atomic E-state index is -3.89. The van der Waals surface area contributed by atoms with Gasteiger partial charge in [-0.3, -0.25) is 0 Å². The van der Waals surface area contributed by atoms with Crippen molar-refractivity contribution in [2.45, 2.75) is 9.79 Å². The van der Waals surface area contributed by atoms with Crippen molar-refractivity contribution in [1.82, 2.24) is 4.31 Å². The summed E-state index contributed by atoms with van der Waals surface area (Å²) in [5, 5.41) is 0. The molecule has 1 aromatic carbocycles. The molecule has 11 heteroatoms. The average molecular weight is 416 g/mol. The molecule has 0 heterocycles. The van der Waals surface area contributed by atoms with Crippen molar-refractivity contribution in [1.29, 1.82) is 0 Å². The number of sulfonamides is 1. The van der Waals surface area contributed by atoms with Crippen LogP contribution >= 0.6 is 10.7 Å². The van der Waals surface area contributed by atoms with E-state index in [4.69, 9.17) is 24.9 Å². The Labute approximate surface area is 153 Å². The number of rotatable bonds is 12. The molecular weight excluding hydrogens is 394 g/mol. The summed E-state index contributed by atoms with van der Waals surface area (Å²) in [6.07, 6.45) is 0. The molecule has 0 saturated carbocycles. The van der Waals surface area contributed by atoms with Crippen LogP contribution in [0.1, 0.15) is 0 Å². The number of methoxy groups -OCH3 is 1. The van der Waals surface area contributed by atoms with E-state index in [1.165, 1.54) is 19.2 Å². The van der Waals surface area contributed by atoms with Crippen LogP contribution in [0.2, 0.25) is 0 Å². The molecule has 0 atom stereocenters. The highest BCUT2D eigenvalue weighted by Gasteiger charge is 2.21. The predicted molar refractivity (Wildman–Crippen MR) is 92.8 cm³/mol. The highest BCUT2D eigenvalue weighted by atomic mass is 35.7. The fourth-order valence-corrected chi connectivity index (χ4v) is 3.66. The summed E-state index contributed by atoms with van der Waals surface area (Å²) in [6, 6.07) is 4.70. The van der Waals surface area contributed by atoms with Gasteiger partial charge < -0.3 is 14.2 Å². The first-order chi connectivity index (χ1) is 11.7. The van der Waals surface area contributed by atoms with E-state index in [0.717, 1.165) is 16.4 Å². The summed E-state index contributed by atoms with van der Waals surface area (Å²) >= 11 is 0. The van der Waals surface area contributed by atoms with Crippen molar-refractivity contribution in [3.8, 4) is 0 Å². The Bertz CT molecular complexity index is 720. The maximum atomic E-state index is 12.4. The molecule has 8 nitrogen and oxygen atoms in total. The molecule has 0 aliphatic rings. The average Bonchev–Trinajstić information content (AvgIpc) is 2.56. The zero-order valence-electron chi connectivity index (χ0n) is 14.1. The molecular formula is C14H22ClNO7S2. The lowest BCUT2D eigenvalue weighted by Crippen LogP contribution is -2.30. The van der Waals surface area contributed by atoms with Crippen LogP contribution in [0.15, 0.2) is 34.1 Å². The Morgan fingerprint density at radius 2 is 1.36 bits per heavy atom. The summed E-state index contributed by atoms with van der Waals surface area (Å²) in [7, 11) is 0.574. The van der Waals surface area contributed by atoms with Gasteiger partial charge in [-0.2, -0.15) is 4.31 Å². The monoisotopic (exact) mass is 415 g/mol. The normalized spacial score (nSPS) is 12.6. The third-order valence-electron chi connectivity index (χ3n) is 3.17. The summed E-state index contributed by atoms with van der Waals surface area (Å²) in [5.41, 5.74) is 0. The Morgan fingerprint density at radius 3 is 1.88 bits per heavy atom. The van der Waals surface area contributed by atoms with E-state index in [9.17, 15) is 16.8 Å². The lowest BCUT2D eigenvalue weighted by molar-refractivity contribution is 0.0236. The van der Waals surface area contributed by atoms with Crippen LogP contribution in [0.5, 0.6) is 0 Å². The topological polar surface area (TPSA) is 99.2 Å². The molecule has 1 rings (SSSR count). The fourth-order valence-electron chi connectivity index (χ4n) is 1.73. The van der Waals surface area contributed by atoms with Gasteiger partial charge >= 0.3 is 0 Å². The molecule has 0 aliphatic carbocycles. The van der Waals surface area contributed by atoms with Crippen molar-refractivity contribution in [2.75, 3.05) is 53.7 Å². The molecule has 0 N–H and O–H groups in total. The zero-order valence-corrected chi connectivity index (χ0v) is 16.4. The SMILES string of the molecule is COCCOCCOCCN(C)S(=O)(=O)c1ccc(S(=O)(=O)Cl)cc1. The first-order valence-corrected chi connectivity index (χ1v) is 11.1. The first kappa shape index (κ1) is 22.3. The van der Waals surface area contributed by atoms with E-state index in [0.29, 0.717) is 26.4 Å². The molecule has 25 heavy (non-hydrogen) atoms. The van der Waals surface area contributed by atoms with Gasteiger partial charge in [-0.1, -0.05) is 0 Å². The van der Waals surface area contributed by atoms with Crippen LogP contribution in [-0.2, 0) is 33.3 Å². The van der Waals surface area contributed by atoms with Crippen LogP contribution < -0.4 is 0 Å². The molecule has 0 radical (unpaired) electrons. The number of halogens is 1. The summed E-state index contributed by atoms with van der Waals surface area (Å²) < 4.78 is 63.6. The Hall–Kier alpha value is -0.750. The number of ether oxygens (including phenoxy) is 3. The van der Waals surface area contributed by atoms with Crippen LogP contribution in [0.25, 0.3) is 0 Å². The minimum Gasteiger partial charge on any atom is -0.382 e. The molecule has 144 valence electrons. The minimum absolute atomic E-state index is 0.0260. The van der Waals surface area contributed by atoms with Crippen LogP contribution in [-0.4, -0.2) is 74.9 Å². The van der Waals surface area contributed by atoms with Crippen molar-refractivity contribution in [3.63, 3.8) is 0 Å². The van der Waals surface area contributed by atoms with Gasteiger partial charge in [0.15, 0.2) is 0 Å². The molecule has 0 fully saturated rings. The van der Waals surface area contributed by atoms with Crippen molar-refractivity contribution in [2.24, 2.45) is 0 Å². The second-order valence-electron chi connectivity index (χ2n) is 4.95. The number of hydrogen-bond donors (Lipinski definition) is 0. The van der Waals surface area contributed by atoms with Crippen LogP contribution in [0.4, 0.5) is 0 Å². The summed E-state index contributed by atoms with van der Waals surface area (Å²) in [5.74, 6) is 0. The van der Waals surface area contributed by atoms with Gasteiger partial charge in [0.05, 0.1) is 42.8 Å². The third kappa shape index (κ3) is 7.57. The van der Waals surface area contributed by atoms with Gasteiger partial charge in [0, 0.05) is 31.4 Å². The number of likely N-dealkylation sites (N-methyl/N-ethyl adjacent to an activating group) is 1. The molecule has 0 aromatic heterocycles. The van der Waals surface area contributed by atoms with Gasteiger partial charge in [0.25, 0.3) is 9.05 Å². The smallest absolute Gasteiger partial charge is 0.261 e. The van der Waals surface area contributed by atoms with Gasteiger partial charge in [-0.25, -0.2) is 16.8 Å². The maximum Gasteiger partial charge on any atom is 0.261 e. The maximum absolute atomic E-state index is 12.4. The Morgan fingerprint density at radius 1 is 0.880 bits per heavy atom. The highest BCUT2D eigenvalue weighted by molar-refractivity contribution is 8.13. The molecule has 0 unspecified atom stereocenters. The Kier molecular flexibility index (Phi) is 9.28. The van der Waals surface area contributed by atoms with E-state index >= 15 is 0 Å². The number of benzene rings is 1. The number of nitrogens with zero attached hydrogens (tertiary/aromatic N) is 1. The molecule has 0 amide bonds. The van der Waals surface area contributed by atoms with Gasteiger partial charge in [-0.05, 0) is 24.3 Å². The van der Waals surface area contributed by atoms with Gasteiger partial charge in [0.2, 0.25) is 10.0 Å². The molecule has 0 spiro atoms. The third-order valence-corrected chi connectivity index (χ3v) is 6.41. The second-order valence-corrected chi connectivity index (χ2v) is 9.56. The van der Waals surface area contributed by atoms with Gasteiger partial charge in [-0.15, -0.1) is 0 Å². The lowest BCUT2D eigenvalue weighted by Gasteiger charge is -2.17. The van der Waals surface area contributed by atoms with Crippen LogP contribution in [0.3, 0.4) is 0 Å². The standard InChI is InChI=1S/C14H22ClNO7S2/c1-16(7-8-22-11-12-23-10-9-21-2)25(19,20)14-5-3-13(4-6-14)24(15,17)18/h3-6H,7-12H2,1-2H3. The molecule has 0 aliphatic heterocycles. The summed E-state index contributed by atoms with van der Waals surface area (Å²) in [6.45, 7) is 2.08. The van der Waals surface area contributed by atoms with Crippen LogP contribution in [0, 0.1) is 0 Å². The Balaban J connectivity index is 2.47. The second kappa shape index (κ2) is 10.4. The fraction of sp³-hybridized carbons (Fsp3) is 0.571. The largest absolute Gasteiger partial charge is 0.382 e. The summed E-state index contributed by atoms with van der Waals surface area (Å²) in [4.78, 5) is -0.186. The zero-order chi connectivity index (χ0) is 18.9. The quantitative estimate of drug-likeness (QED) is 0.369. The predicted octanol–water partition coefficient (Wildman–Crippen LogP) is 0.914. The number of hydrogen-bond acceptors (Lipinski definition) is 7. The van der Waals surface area contributed by atoms with E-state index in [1.54, 1.807) is 7.11 Å². The lowest BCUT2D eigenvalue weighted by atomic mass is 10.4. The van der Waals surface area contributed by atoms with E-state index in [1.807, 2.05) is 0 Å². The van der Waals surface area contributed by atoms with Crippen molar-refractivity contribution in [3.05, 3.63) is 24.3 Å².